The molecule has 0 fully saturated rings. The van der Waals surface area contributed by atoms with E-state index in [1.165, 1.54) is 29.8 Å². The molecule has 188 valence electrons. The Kier molecular flexibility index (Phi) is 7.99. The minimum absolute atomic E-state index is 0.0495. The minimum atomic E-state index is -0.488. The standard InChI is InChI=1S/C27H26N6O3S/c1-3-4-6-19-9-12-21(13-10-19)32-30-24-15-18(2)23(17-25(24)31-32)28-27(37)29-26(34)14-11-20-7-5-8-22(16-20)33(35)36/h5,7-17H,3-4,6H2,1-2H3,(H2,28,29,34,37)/b14-11+. The highest BCUT2D eigenvalue weighted by Crippen LogP contribution is 2.22. The summed E-state index contributed by atoms with van der Waals surface area (Å²) in [5.41, 5.74) is 5.66. The molecular weight excluding hydrogens is 488 g/mol. The van der Waals surface area contributed by atoms with Gasteiger partial charge in [0.1, 0.15) is 11.0 Å². The second kappa shape index (κ2) is 11.5. The Morgan fingerprint density at radius 3 is 2.54 bits per heavy atom. The molecule has 0 aliphatic rings. The first kappa shape index (κ1) is 25.6. The number of anilines is 1. The molecule has 0 unspecified atom stereocenters. The molecule has 3 aromatic carbocycles. The molecule has 9 nitrogen and oxygen atoms in total. The van der Waals surface area contributed by atoms with E-state index in [0.717, 1.165) is 36.0 Å². The first-order chi connectivity index (χ1) is 17.8. The predicted molar refractivity (Wildman–Crippen MR) is 149 cm³/mol. The van der Waals surface area contributed by atoms with E-state index in [1.54, 1.807) is 16.9 Å². The maximum absolute atomic E-state index is 12.3. The van der Waals surface area contributed by atoms with Crippen molar-refractivity contribution in [1.29, 1.82) is 0 Å². The summed E-state index contributed by atoms with van der Waals surface area (Å²) in [4.78, 5) is 24.3. The van der Waals surface area contributed by atoms with Crippen molar-refractivity contribution in [1.82, 2.24) is 20.3 Å². The van der Waals surface area contributed by atoms with Gasteiger partial charge in [-0.3, -0.25) is 20.2 Å². The van der Waals surface area contributed by atoms with Crippen LogP contribution >= 0.6 is 12.2 Å². The van der Waals surface area contributed by atoms with E-state index in [-0.39, 0.29) is 10.8 Å². The largest absolute Gasteiger partial charge is 0.332 e. The summed E-state index contributed by atoms with van der Waals surface area (Å²) < 4.78 is 0. The lowest BCUT2D eigenvalue weighted by Crippen LogP contribution is -2.33. The van der Waals surface area contributed by atoms with Crippen molar-refractivity contribution in [2.75, 3.05) is 5.32 Å². The van der Waals surface area contributed by atoms with Crippen LogP contribution in [0.2, 0.25) is 0 Å². The molecule has 1 aromatic heterocycles. The molecule has 1 amide bonds. The number of carbonyl (C=O) groups is 1. The smallest absolute Gasteiger partial charge is 0.270 e. The van der Waals surface area contributed by atoms with Gasteiger partial charge in [-0.25, -0.2) is 0 Å². The Hall–Kier alpha value is -4.44. The number of amides is 1. The SMILES string of the molecule is CCCCc1ccc(-n2nc3cc(C)c(NC(=S)NC(=O)/C=C/c4cccc([N+](=O)[O-])c4)cc3n2)cc1. The molecule has 37 heavy (non-hydrogen) atoms. The lowest BCUT2D eigenvalue weighted by molar-refractivity contribution is -0.384. The van der Waals surface area contributed by atoms with Crippen molar-refractivity contribution in [3.8, 4) is 5.69 Å². The van der Waals surface area contributed by atoms with Gasteiger partial charge in [0.25, 0.3) is 5.69 Å². The summed E-state index contributed by atoms with van der Waals surface area (Å²) in [5.74, 6) is -0.462. The van der Waals surface area contributed by atoms with Crippen LogP contribution in [0.25, 0.3) is 22.8 Å². The second-order valence-corrected chi connectivity index (χ2v) is 8.95. The fourth-order valence-electron chi connectivity index (χ4n) is 3.72. The van der Waals surface area contributed by atoms with E-state index < -0.39 is 10.8 Å². The number of benzene rings is 3. The number of nitrogens with one attached hydrogen (secondary N) is 2. The van der Waals surface area contributed by atoms with Gasteiger partial charge in [-0.1, -0.05) is 37.6 Å². The van der Waals surface area contributed by atoms with E-state index >= 15 is 0 Å². The van der Waals surface area contributed by atoms with Crippen LogP contribution in [0.15, 0.2) is 66.7 Å². The number of nitrogens with zero attached hydrogens (tertiary/aromatic N) is 4. The Bertz CT molecular complexity index is 1490. The topological polar surface area (TPSA) is 115 Å². The van der Waals surface area contributed by atoms with Crippen LogP contribution in [0.4, 0.5) is 11.4 Å². The Balaban J connectivity index is 1.42. The van der Waals surface area contributed by atoms with Gasteiger partial charge in [-0.2, -0.15) is 4.80 Å². The number of hydrogen-bond acceptors (Lipinski definition) is 6. The molecule has 0 saturated heterocycles. The second-order valence-electron chi connectivity index (χ2n) is 8.54. The molecule has 10 heteroatoms. The van der Waals surface area contributed by atoms with Crippen molar-refractivity contribution >= 4 is 51.7 Å². The predicted octanol–water partition coefficient (Wildman–Crippen LogP) is 5.51. The average molecular weight is 515 g/mol. The van der Waals surface area contributed by atoms with Crippen LogP contribution in [0, 0.1) is 17.0 Å². The number of nitro groups is 1. The Morgan fingerprint density at radius 1 is 1.11 bits per heavy atom. The monoisotopic (exact) mass is 514 g/mol. The zero-order chi connectivity index (χ0) is 26.4. The number of thiocarbonyl (C=S) groups is 1. The number of aromatic nitrogens is 3. The van der Waals surface area contributed by atoms with Gasteiger partial charge in [0.2, 0.25) is 5.91 Å². The lowest BCUT2D eigenvalue weighted by atomic mass is 10.1. The molecule has 0 saturated carbocycles. The Morgan fingerprint density at radius 2 is 1.84 bits per heavy atom. The molecule has 0 aliphatic carbocycles. The summed E-state index contributed by atoms with van der Waals surface area (Å²) in [6.45, 7) is 4.09. The van der Waals surface area contributed by atoms with Crippen molar-refractivity contribution < 1.29 is 9.72 Å². The van der Waals surface area contributed by atoms with E-state index in [0.29, 0.717) is 16.8 Å². The molecule has 0 aliphatic heterocycles. The molecular formula is C27H26N6O3S. The van der Waals surface area contributed by atoms with Gasteiger partial charge in [-0.15, -0.1) is 10.2 Å². The van der Waals surface area contributed by atoms with E-state index in [4.69, 9.17) is 12.2 Å². The maximum atomic E-state index is 12.3. The minimum Gasteiger partial charge on any atom is -0.332 e. The maximum Gasteiger partial charge on any atom is 0.270 e. The van der Waals surface area contributed by atoms with Gasteiger partial charge >= 0.3 is 0 Å². The fraction of sp³-hybridized carbons (Fsp3) is 0.185. The van der Waals surface area contributed by atoms with Gasteiger partial charge in [0.15, 0.2) is 5.11 Å². The summed E-state index contributed by atoms with van der Waals surface area (Å²) in [6, 6.07) is 18.0. The van der Waals surface area contributed by atoms with Crippen LogP contribution in [0.1, 0.15) is 36.5 Å². The van der Waals surface area contributed by atoms with Crippen molar-refractivity contribution in [2.45, 2.75) is 33.1 Å². The number of rotatable bonds is 8. The quantitative estimate of drug-likeness (QED) is 0.138. The number of fused-ring (bicyclic) bond motifs is 1. The van der Waals surface area contributed by atoms with Crippen LogP contribution in [-0.2, 0) is 11.2 Å². The lowest BCUT2D eigenvalue weighted by Gasteiger charge is -2.10. The van der Waals surface area contributed by atoms with Crippen LogP contribution in [-0.4, -0.2) is 30.9 Å². The van der Waals surface area contributed by atoms with Crippen LogP contribution in [0.5, 0.6) is 0 Å². The molecule has 0 radical (unpaired) electrons. The summed E-state index contributed by atoms with van der Waals surface area (Å²) >= 11 is 5.30. The normalized spacial score (nSPS) is 11.1. The molecule has 4 aromatic rings. The molecule has 1 heterocycles. The van der Waals surface area contributed by atoms with E-state index in [9.17, 15) is 14.9 Å². The third-order valence-electron chi connectivity index (χ3n) is 5.71. The van der Waals surface area contributed by atoms with Crippen molar-refractivity contribution in [3.63, 3.8) is 0 Å². The Labute approximate surface area is 219 Å². The third-order valence-corrected chi connectivity index (χ3v) is 5.91. The molecule has 0 bridgehead atoms. The summed E-state index contributed by atoms with van der Waals surface area (Å²) in [5, 5.41) is 25.8. The number of hydrogen-bond donors (Lipinski definition) is 2. The first-order valence-electron chi connectivity index (χ1n) is 11.8. The number of aryl methyl sites for hydroxylation is 2. The molecule has 4 rings (SSSR count). The first-order valence-corrected chi connectivity index (χ1v) is 12.2. The van der Waals surface area contributed by atoms with E-state index in [2.05, 4.69) is 39.9 Å². The average Bonchev–Trinajstić information content (AvgIpc) is 3.29. The highest BCUT2D eigenvalue weighted by molar-refractivity contribution is 7.80. The zero-order valence-electron chi connectivity index (χ0n) is 20.5. The molecule has 0 atom stereocenters. The van der Waals surface area contributed by atoms with Gasteiger partial charge in [0, 0.05) is 23.9 Å². The van der Waals surface area contributed by atoms with Crippen LogP contribution < -0.4 is 10.6 Å². The number of non-ortho nitro benzene ring substituents is 1. The highest BCUT2D eigenvalue weighted by atomic mass is 32.1. The molecule has 0 spiro atoms. The number of unbranched alkanes of at least 4 members (excludes halogenated alkanes) is 1. The van der Waals surface area contributed by atoms with Gasteiger partial charge in [0.05, 0.1) is 10.6 Å². The number of carbonyl (C=O) groups excluding carboxylic acids is 1. The van der Waals surface area contributed by atoms with Crippen molar-refractivity contribution in [2.24, 2.45) is 0 Å². The van der Waals surface area contributed by atoms with Gasteiger partial charge < -0.3 is 5.32 Å². The fourth-order valence-corrected chi connectivity index (χ4v) is 3.93. The van der Waals surface area contributed by atoms with Gasteiger partial charge in [-0.05, 0) is 79.0 Å². The number of nitro benzene ring substituents is 1. The van der Waals surface area contributed by atoms with Crippen molar-refractivity contribution in [3.05, 3.63) is 93.5 Å². The summed E-state index contributed by atoms with van der Waals surface area (Å²) in [6.07, 6.45) is 6.13. The third kappa shape index (κ3) is 6.62. The molecule has 2 N–H and O–H groups in total. The van der Waals surface area contributed by atoms with E-state index in [1.807, 2.05) is 31.2 Å². The highest BCUT2D eigenvalue weighted by Gasteiger charge is 2.11. The summed E-state index contributed by atoms with van der Waals surface area (Å²) in [7, 11) is 0. The van der Waals surface area contributed by atoms with Crippen LogP contribution in [0.3, 0.4) is 0 Å². The zero-order valence-corrected chi connectivity index (χ0v) is 21.3.